The normalized spacial score (nSPS) is 15.9. The van der Waals surface area contributed by atoms with Crippen molar-refractivity contribution in [3.05, 3.63) is 90.0 Å². The van der Waals surface area contributed by atoms with Crippen LogP contribution in [-0.4, -0.2) is 0 Å². The van der Waals surface area contributed by atoms with E-state index in [-0.39, 0.29) is 0 Å². The summed E-state index contributed by atoms with van der Waals surface area (Å²) < 4.78 is 0. The molecule has 2 aromatic carbocycles. The smallest absolute Gasteiger partial charge is 0.0140 e. The number of rotatable bonds is 9. The Morgan fingerprint density at radius 2 is 1.80 bits per heavy atom. The molecule has 2 aromatic rings. The molecule has 158 valence electrons. The molecule has 30 heavy (non-hydrogen) atoms. The van der Waals surface area contributed by atoms with E-state index < -0.39 is 0 Å². The lowest BCUT2D eigenvalue weighted by Crippen LogP contribution is -2.10. The van der Waals surface area contributed by atoms with E-state index >= 15 is 0 Å². The van der Waals surface area contributed by atoms with Crippen molar-refractivity contribution in [2.75, 3.05) is 0 Å². The van der Waals surface area contributed by atoms with Gasteiger partial charge in [-0.2, -0.15) is 0 Å². The average molecular weight is 399 g/mol. The maximum absolute atomic E-state index is 4.14. The topological polar surface area (TPSA) is 0 Å². The van der Waals surface area contributed by atoms with Gasteiger partial charge in [0.25, 0.3) is 0 Å². The third kappa shape index (κ3) is 4.53. The molecule has 1 atom stereocenters. The van der Waals surface area contributed by atoms with E-state index in [0.29, 0.717) is 11.8 Å². The number of hydrogen-bond acceptors (Lipinski definition) is 0. The third-order valence-electron chi connectivity index (χ3n) is 6.89. The molecule has 1 unspecified atom stereocenters. The van der Waals surface area contributed by atoms with Crippen LogP contribution in [0.25, 0.3) is 16.7 Å². The van der Waals surface area contributed by atoms with Gasteiger partial charge >= 0.3 is 0 Å². The minimum Gasteiger partial charge on any atom is -0.0990 e. The predicted molar refractivity (Wildman–Crippen MR) is 134 cm³/mol. The third-order valence-corrected chi connectivity index (χ3v) is 6.89. The van der Waals surface area contributed by atoms with Gasteiger partial charge in [0.1, 0.15) is 0 Å². The van der Waals surface area contributed by atoms with E-state index in [9.17, 15) is 0 Å². The Morgan fingerprint density at radius 3 is 2.37 bits per heavy atom. The second-order valence-corrected chi connectivity index (χ2v) is 8.73. The molecule has 1 fully saturated rings. The van der Waals surface area contributed by atoms with E-state index in [4.69, 9.17) is 0 Å². The summed E-state index contributed by atoms with van der Waals surface area (Å²) in [5, 5.41) is 0. The van der Waals surface area contributed by atoms with Gasteiger partial charge in [-0.15, -0.1) is 0 Å². The zero-order valence-corrected chi connectivity index (χ0v) is 19.2. The Kier molecular flexibility index (Phi) is 7.91. The maximum atomic E-state index is 4.14. The summed E-state index contributed by atoms with van der Waals surface area (Å²) in [4.78, 5) is 0. The van der Waals surface area contributed by atoms with Gasteiger partial charge in [-0.25, -0.2) is 0 Å². The summed E-state index contributed by atoms with van der Waals surface area (Å²) in [5.41, 5.74) is 9.97. The molecule has 0 bridgehead atoms. The van der Waals surface area contributed by atoms with Gasteiger partial charge in [-0.05, 0) is 89.5 Å². The number of allylic oxidation sites excluding steroid dienone is 4. The van der Waals surface area contributed by atoms with Crippen LogP contribution < -0.4 is 0 Å². The van der Waals surface area contributed by atoms with E-state index in [1.165, 1.54) is 72.8 Å². The van der Waals surface area contributed by atoms with Crippen molar-refractivity contribution in [3.8, 4) is 11.1 Å². The summed E-state index contributed by atoms with van der Waals surface area (Å²) in [6.07, 6.45) is 15.0. The fourth-order valence-electron chi connectivity index (χ4n) is 5.51. The van der Waals surface area contributed by atoms with Crippen LogP contribution >= 0.6 is 0 Å². The largest absolute Gasteiger partial charge is 0.0990 e. The first-order valence-electron chi connectivity index (χ1n) is 11.8. The second kappa shape index (κ2) is 10.6. The van der Waals surface area contributed by atoms with Crippen molar-refractivity contribution in [2.24, 2.45) is 0 Å². The first-order valence-corrected chi connectivity index (χ1v) is 11.8. The summed E-state index contributed by atoms with van der Waals surface area (Å²) in [5.74, 6) is 1.27. The highest BCUT2D eigenvalue weighted by Gasteiger charge is 2.28. The van der Waals surface area contributed by atoms with Crippen molar-refractivity contribution < 1.29 is 0 Å². The molecule has 0 radical (unpaired) electrons. The van der Waals surface area contributed by atoms with Gasteiger partial charge < -0.3 is 0 Å². The lowest BCUT2D eigenvalue weighted by molar-refractivity contribution is 0.591. The van der Waals surface area contributed by atoms with Crippen LogP contribution in [0.3, 0.4) is 0 Å². The summed E-state index contributed by atoms with van der Waals surface area (Å²) in [7, 11) is 0. The van der Waals surface area contributed by atoms with Crippen molar-refractivity contribution in [2.45, 2.75) is 77.6 Å². The van der Waals surface area contributed by atoms with Crippen LogP contribution in [0.15, 0.2) is 67.8 Å². The van der Waals surface area contributed by atoms with Crippen LogP contribution in [0.2, 0.25) is 0 Å². The van der Waals surface area contributed by atoms with Crippen molar-refractivity contribution >= 4 is 5.57 Å². The first-order chi connectivity index (χ1) is 14.7. The van der Waals surface area contributed by atoms with Gasteiger partial charge in [0, 0.05) is 0 Å². The van der Waals surface area contributed by atoms with Gasteiger partial charge in [0.15, 0.2) is 0 Å². The van der Waals surface area contributed by atoms with E-state index in [0.717, 1.165) is 0 Å². The Hall–Kier alpha value is -2.34. The molecule has 0 aliphatic heterocycles. The molecule has 1 saturated carbocycles. The molecule has 0 spiro atoms. The van der Waals surface area contributed by atoms with Gasteiger partial charge in [-0.1, -0.05) is 94.8 Å². The van der Waals surface area contributed by atoms with E-state index in [1.807, 2.05) is 12.2 Å². The highest BCUT2D eigenvalue weighted by molar-refractivity contribution is 5.83. The molecular weight excluding hydrogens is 360 g/mol. The fraction of sp³-hybridized carbons (Fsp3) is 0.400. The van der Waals surface area contributed by atoms with Crippen LogP contribution in [-0.2, 0) is 0 Å². The summed E-state index contributed by atoms with van der Waals surface area (Å²) >= 11 is 0. The lowest BCUT2D eigenvalue weighted by Gasteiger charge is -2.29. The SMILES string of the molecule is C=C/C=C(\C=C)c1cc(-c2ccccc2)c(C(CC)CCC)c(C)c1C1CCCC1. The minimum atomic E-state index is 0.606. The molecule has 0 saturated heterocycles. The van der Waals surface area contributed by atoms with Gasteiger partial charge in [0.05, 0.1) is 0 Å². The standard InChI is InChI=1S/C30H38/c1-6-15-23(8-3)27-21-28(25-17-11-10-12-18-25)29(24(9-4)16-7-2)22(5)30(27)26-19-13-14-20-26/h6,8,10-12,15,17-18,21,24,26H,1,3,7,9,13-14,16,19-20H2,2,4-5H3/b23-15+. The summed E-state index contributed by atoms with van der Waals surface area (Å²) in [6, 6.07) is 13.4. The van der Waals surface area contributed by atoms with Crippen LogP contribution in [0.5, 0.6) is 0 Å². The molecule has 0 N–H and O–H groups in total. The zero-order valence-electron chi connectivity index (χ0n) is 19.2. The monoisotopic (exact) mass is 398 g/mol. The van der Waals surface area contributed by atoms with Crippen LogP contribution in [0.4, 0.5) is 0 Å². The van der Waals surface area contributed by atoms with Crippen molar-refractivity contribution in [3.63, 3.8) is 0 Å². The van der Waals surface area contributed by atoms with Crippen molar-refractivity contribution in [1.29, 1.82) is 0 Å². The molecule has 0 nitrogen and oxygen atoms in total. The molecule has 1 aliphatic rings. The Labute approximate surface area is 184 Å². The highest BCUT2D eigenvalue weighted by atomic mass is 14.3. The minimum absolute atomic E-state index is 0.606. The Balaban J connectivity index is 2.37. The average Bonchev–Trinajstić information content (AvgIpc) is 3.30. The number of hydrogen-bond donors (Lipinski definition) is 0. The maximum Gasteiger partial charge on any atom is -0.0140 e. The van der Waals surface area contributed by atoms with E-state index in [1.54, 1.807) is 11.1 Å². The van der Waals surface area contributed by atoms with Crippen molar-refractivity contribution in [1.82, 2.24) is 0 Å². The van der Waals surface area contributed by atoms with Gasteiger partial charge in [-0.3, -0.25) is 0 Å². The van der Waals surface area contributed by atoms with Gasteiger partial charge in [0.2, 0.25) is 0 Å². The second-order valence-electron chi connectivity index (χ2n) is 8.73. The van der Waals surface area contributed by atoms with Crippen LogP contribution in [0, 0.1) is 6.92 Å². The molecular formula is C30H38. The lowest BCUT2D eigenvalue weighted by atomic mass is 9.76. The summed E-state index contributed by atoms with van der Waals surface area (Å²) in [6.45, 7) is 15.2. The Morgan fingerprint density at radius 1 is 1.10 bits per heavy atom. The molecule has 1 aliphatic carbocycles. The quantitative estimate of drug-likeness (QED) is 0.369. The van der Waals surface area contributed by atoms with Crippen LogP contribution in [0.1, 0.15) is 92.9 Å². The number of benzene rings is 2. The highest BCUT2D eigenvalue weighted by Crippen LogP contribution is 2.46. The molecule has 0 aromatic heterocycles. The first kappa shape index (κ1) is 22.3. The molecule has 0 heteroatoms. The zero-order chi connectivity index (χ0) is 21.5. The molecule has 0 amide bonds. The molecule has 3 rings (SSSR count). The Bertz CT molecular complexity index is 891. The fourth-order valence-corrected chi connectivity index (χ4v) is 5.51. The predicted octanol–water partition coefficient (Wildman–Crippen LogP) is 9.37. The van der Waals surface area contributed by atoms with E-state index in [2.05, 4.69) is 76.4 Å². The molecule has 0 heterocycles.